The van der Waals surface area contributed by atoms with Crippen LogP contribution in [-0.2, 0) is 4.43 Å². The van der Waals surface area contributed by atoms with Gasteiger partial charge in [0.25, 0.3) is 0 Å². The van der Waals surface area contributed by atoms with Gasteiger partial charge < -0.3 is 13.9 Å². The van der Waals surface area contributed by atoms with Gasteiger partial charge in [-0.1, -0.05) is 36.7 Å². The average Bonchev–Trinajstić information content (AvgIpc) is 2.37. The predicted octanol–water partition coefficient (Wildman–Crippen LogP) is 5.25. The Kier molecular flexibility index (Phi) is 6.75. The lowest BCUT2D eigenvalue weighted by molar-refractivity contribution is 0.228. The van der Waals surface area contributed by atoms with Crippen LogP contribution in [0.4, 0.5) is 0 Å². The van der Waals surface area contributed by atoms with Crippen LogP contribution >= 0.6 is 15.9 Å². The van der Waals surface area contributed by atoms with Gasteiger partial charge in [-0.3, -0.25) is 0 Å². The molecular formula is C16H27BrO3Si. The Morgan fingerprint density at radius 1 is 1.10 bits per heavy atom. The molecule has 0 atom stereocenters. The Balaban J connectivity index is 2.40. The minimum Gasteiger partial charge on any atom is -0.493 e. The van der Waals surface area contributed by atoms with Gasteiger partial charge in [0.15, 0.2) is 19.8 Å². The number of methoxy groups -OCH3 is 1. The summed E-state index contributed by atoms with van der Waals surface area (Å²) >= 11 is 3.44. The van der Waals surface area contributed by atoms with E-state index < -0.39 is 8.32 Å². The molecule has 0 unspecified atom stereocenters. The Morgan fingerprint density at radius 2 is 1.76 bits per heavy atom. The summed E-state index contributed by atoms with van der Waals surface area (Å²) < 4.78 is 18.2. The summed E-state index contributed by atoms with van der Waals surface area (Å²) in [5, 5.41) is 0.251. The first-order valence-electron chi connectivity index (χ1n) is 7.27. The van der Waals surface area contributed by atoms with Crippen molar-refractivity contribution in [3.05, 3.63) is 22.7 Å². The highest BCUT2D eigenvalue weighted by Gasteiger charge is 2.36. The van der Waals surface area contributed by atoms with Crippen LogP contribution in [0.2, 0.25) is 18.1 Å². The number of rotatable bonds is 7. The van der Waals surface area contributed by atoms with Crippen molar-refractivity contribution in [2.24, 2.45) is 0 Å². The number of ether oxygens (including phenoxy) is 2. The molecule has 0 radical (unpaired) electrons. The molecule has 3 nitrogen and oxygen atoms in total. The van der Waals surface area contributed by atoms with E-state index >= 15 is 0 Å². The van der Waals surface area contributed by atoms with Crippen LogP contribution in [0, 0.1) is 0 Å². The fourth-order valence-corrected chi connectivity index (χ4v) is 2.98. The molecule has 0 heterocycles. The van der Waals surface area contributed by atoms with Crippen molar-refractivity contribution in [3.8, 4) is 11.5 Å². The second kappa shape index (κ2) is 7.65. The SMILES string of the molecule is COc1ccc(Br)cc1OCCCO[Si](C)(C)C(C)(C)C. The fraction of sp³-hybridized carbons (Fsp3) is 0.625. The summed E-state index contributed by atoms with van der Waals surface area (Å²) in [6.45, 7) is 12.7. The minimum absolute atomic E-state index is 0.251. The van der Waals surface area contributed by atoms with Crippen LogP contribution in [0.5, 0.6) is 11.5 Å². The number of hydrogen-bond donors (Lipinski definition) is 0. The molecule has 0 N–H and O–H groups in total. The molecule has 0 saturated heterocycles. The molecule has 1 aromatic carbocycles. The molecular weight excluding hydrogens is 348 g/mol. The van der Waals surface area contributed by atoms with Crippen molar-refractivity contribution in [2.45, 2.75) is 45.3 Å². The van der Waals surface area contributed by atoms with Gasteiger partial charge in [-0.15, -0.1) is 0 Å². The summed E-state index contributed by atoms with van der Waals surface area (Å²) in [5.74, 6) is 1.52. The van der Waals surface area contributed by atoms with Crippen molar-refractivity contribution in [1.82, 2.24) is 0 Å². The molecule has 0 aliphatic heterocycles. The third kappa shape index (κ3) is 5.64. The number of benzene rings is 1. The smallest absolute Gasteiger partial charge is 0.191 e. The van der Waals surface area contributed by atoms with Crippen LogP contribution in [-0.4, -0.2) is 28.6 Å². The van der Waals surface area contributed by atoms with E-state index in [0.717, 1.165) is 29.0 Å². The topological polar surface area (TPSA) is 27.7 Å². The van der Waals surface area contributed by atoms with Crippen molar-refractivity contribution in [3.63, 3.8) is 0 Å². The largest absolute Gasteiger partial charge is 0.493 e. The Bertz CT molecular complexity index is 455. The van der Waals surface area contributed by atoms with Crippen molar-refractivity contribution < 1.29 is 13.9 Å². The van der Waals surface area contributed by atoms with E-state index in [1.54, 1.807) is 7.11 Å². The van der Waals surface area contributed by atoms with Gasteiger partial charge >= 0.3 is 0 Å². The van der Waals surface area contributed by atoms with Gasteiger partial charge in [0.1, 0.15) is 0 Å². The van der Waals surface area contributed by atoms with E-state index in [2.05, 4.69) is 49.8 Å². The molecule has 0 bridgehead atoms. The van der Waals surface area contributed by atoms with Crippen LogP contribution in [0.3, 0.4) is 0 Å². The second-order valence-corrected chi connectivity index (χ2v) is 12.3. The maximum atomic E-state index is 6.13. The van der Waals surface area contributed by atoms with E-state index in [4.69, 9.17) is 13.9 Å². The van der Waals surface area contributed by atoms with Crippen LogP contribution < -0.4 is 9.47 Å². The van der Waals surface area contributed by atoms with E-state index in [0.29, 0.717) is 6.61 Å². The molecule has 120 valence electrons. The zero-order valence-electron chi connectivity index (χ0n) is 14.0. The molecule has 1 rings (SSSR count). The monoisotopic (exact) mass is 374 g/mol. The summed E-state index contributed by atoms with van der Waals surface area (Å²) in [4.78, 5) is 0. The fourth-order valence-electron chi connectivity index (χ4n) is 1.55. The highest BCUT2D eigenvalue weighted by Crippen LogP contribution is 2.36. The molecule has 0 aliphatic carbocycles. The molecule has 0 aromatic heterocycles. The first-order chi connectivity index (χ1) is 9.67. The predicted molar refractivity (Wildman–Crippen MR) is 94.0 cm³/mol. The number of halogens is 1. The molecule has 0 fully saturated rings. The van der Waals surface area contributed by atoms with Crippen molar-refractivity contribution >= 4 is 24.2 Å². The lowest BCUT2D eigenvalue weighted by atomic mass is 10.2. The summed E-state index contributed by atoms with van der Waals surface area (Å²) in [6, 6.07) is 5.76. The third-order valence-electron chi connectivity index (χ3n) is 3.94. The quantitative estimate of drug-likeness (QED) is 0.481. The highest BCUT2D eigenvalue weighted by molar-refractivity contribution is 9.10. The molecule has 0 saturated carbocycles. The second-order valence-electron chi connectivity index (χ2n) is 6.61. The third-order valence-corrected chi connectivity index (χ3v) is 8.97. The summed E-state index contributed by atoms with van der Waals surface area (Å²) in [7, 11) is 0.000805. The average molecular weight is 375 g/mol. The minimum atomic E-state index is -1.65. The highest BCUT2D eigenvalue weighted by atomic mass is 79.9. The zero-order valence-corrected chi connectivity index (χ0v) is 16.5. The first-order valence-corrected chi connectivity index (χ1v) is 11.0. The van der Waals surface area contributed by atoms with E-state index in [1.165, 1.54) is 0 Å². The normalized spacial score (nSPS) is 12.3. The van der Waals surface area contributed by atoms with Crippen LogP contribution in [0.15, 0.2) is 22.7 Å². The maximum absolute atomic E-state index is 6.13. The number of hydrogen-bond acceptors (Lipinski definition) is 3. The maximum Gasteiger partial charge on any atom is 0.191 e. The van der Waals surface area contributed by atoms with Crippen LogP contribution in [0.25, 0.3) is 0 Å². The van der Waals surface area contributed by atoms with Crippen molar-refractivity contribution in [2.75, 3.05) is 20.3 Å². The lowest BCUT2D eigenvalue weighted by Crippen LogP contribution is -2.41. The molecule has 21 heavy (non-hydrogen) atoms. The Morgan fingerprint density at radius 3 is 2.33 bits per heavy atom. The standard InChI is InChI=1S/C16H27BrO3Si/c1-16(2,3)21(5,6)20-11-7-10-19-15-12-13(17)8-9-14(15)18-4/h8-9,12H,7,10-11H2,1-6H3. The molecule has 0 aliphatic rings. The zero-order chi connectivity index (χ0) is 16.1. The van der Waals surface area contributed by atoms with Gasteiger partial charge in [0.05, 0.1) is 13.7 Å². The van der Waals surface area contributed by atoms with Gasteiger partial charge in [0.2, 0.25) is 0 Å². The van der Waals surface area contributed by atoms with Gasteiger partial charge in [-0.25, -0.2) is 0 Å². The molecule has 0 spiro atoms. The van der Waals surface area contributed by atoms with E-state index in [9.17, 15) is 0 Å². The van der Waals surface area contributed by atoms with Gasteiger partial charge in [-0.2, -0.15) is 0 Å². The summed E-state index contributed by atoms with van der Waals surface area (Å²) in [6.07, 6.45) is 0.877. The molecule has 5 heteroatoms. The molecule has 1 aromatic rings. The van der Waals surface area contributed by atoms with Gasteiger partial charge in [-0.05, 0) is 36.3 Å². The van der Waals surface area contributed by atoms with Crippen LogP contribution in [0.1, 0.15) is 27.2 Å². The van der Waals surface area contributed by atoms with E-state index in [-0.39, 0.29) is 5.04 Å². The Hall–Kier alpha value is -0.523. The Labute approximate surface area is 138 Å². The van der Waals surface area contributed by atoms with Crippen molar-refractivity contribution in [1.29, 1.82) is 0 Å². The van der Waals surface area contributed by atoms with E-state index in [1.807, 2.05) is 18.2 Å². The molecule has 0 amide bonds. The lowest BCUT2D eigenvalue weighted by Gasteiger charge is -2.36. The van der Waals surface area contributed by atoms with Gasteiger partial charge in [0, 0.05) is 17.5 Å². The summed E-state index contributed by atoms with van der Waals surface area (Å²) in [5.41, 5.74) is 0. The first kappa shape index (κ1) is 18.5.